The Morgan fingerprint density at radius 2 is 2.35 bits per heavy atom. The van der Waals surface area contributed by atoms with Crippen LogP contribution in [-0.2, 0) is 11.8 Å². The Hall–Kier alpha value is -2.90. The lowest BCUT2D eigenvalue weighted by atomic mass is 10.1. The van der Waals surface area contributed by atoms with Crippen LogP contribution in [0.15, 0.2) is 30.5 Å². The van der Waals surface area contributed by atoms with Crippen molar-refractivity contribution in [1.82, 2.24) is 15.1 Å². The third kappa shape index (κ3) is 2.87. The second kappa shape index (κ2) is 6.07. The number of carbonyl (C=O) groups excluding carboxylic acids is 1. The smallest absolute Gasteiger partial charge is 0.414 e. The molecule has 1 amide bonds. The maximum Gasteiger partial charge on any atom is 0.414 e. The Morgan fingerprint density at radius 1 is 1.52 bits per heavy atom. The summed E-state index contributed by atoms with van der Waals surface area (Å²) >= 11 is 0. The minimum atomic E-state index is -0.519. The number of hydrogen-bond acceptors (Lipinski definition) is 4. The molecule has 1 saturated heterocycles. The minimum absolute atomic E-state index is 0.310. The van der Waals surface area contributed by atoms with Crippen molar-refractivity contribution in [2.24, 2.45) is 7.05 Å². The van der Waals surface area contributed by atoms with E-state index in [-0.39, 0.29) is 6.10 Å². The number of aromatic nitrogens is 2. The first-order chi connectivity index (χ1) is 11.1. The molecule has 1 aliphatic heterocycles. The van der Waals surface area contributed by atoms with Gasteiger partial charge in [-0.25, -0.2) is 9.18 Å². The van der Waals surface area contributed by atoms with Crippen molar-refractivity contribution < 1.29 is 13.9 Å². The van der Waals surface area contributed by atoms with Gasteiger partial charge in [-0.2, -0.15) is 5.10 Å². The summed E-state index contributed by atoms with van der Waals surface area (Å²) in [5.41, 5.74) is 1.52. The Labute approximate surface area is 132 Å². The maximum absolute atomic E-state index is 14.4. The fourth-order valence-electron chi connectivity index (χ4n) is 2.55. The van der Waals surface area contributed by atoms with Crippen LogP contribution in [0.1, 0.15) is 0 Å². The molecule has 23 heavy (non-hydrogen) atoms. The fraction of sp³-hybridized carbons (Fsp3) is 0.267. The van der Waals surface area contributed by atoms with E-state index >= 15 is 0 Å². The standard InChI is InChI=1S/C15H16FN5O2/c1-20-14(4-5-19-20)12-3-2-10(6-13(12)16)21-8-11(7-18-9-17)23-15(21)22/h2-6,9,11H,7-8H2,1H3,(H2,17,18)/t11-/m0/s1. The number of cyclic esters (lactones) is 1. The molecule has 0 aliphatic carbocycles. The van der Waals surface area contributed by atoms with Crippen LogP contribution in [0.2, 0.25) is 0 Å². The number of carbonyl (C=O) groups is 1. The zero-order chi connectivity index (χ0) is 16.4. The van der Waals surface area contributed by atoms with E-state index in [0.29, 0.717) is 30.0 Å². The molecule has 1 fully saturated rings. The molecule has 3 rings (SSSR count). The molecule has 120 valence electrons. The highest BCUT2D eigenvalue weighted by molar-refractivity contribution is 5.90. The van der Waals surface area contributed by atoms with Crippen molar-refractivity contribution in [3.63, 3.8) is 0 Å². The monoisotopic (exact) mass is 317 g/mol. The Bertz CT molecular complexity index is 745. The first-order valence-electron chi connectivity index (χ1n) is 7.08. The van der Waals surface area contributed by atoms with Gasteiger partial charge in [0, 0.05) is 18.8 Å². The van der Waals surface area contributed by atoms with E-state index in [2.05, 4.69) is 10.4 Å². The number of amides is 1. The van der Waals surface area contributed by atoms with Gasteiger partial charge in [0.25, 0.3) is 0 Å². The van der Waals surface area contributed by atoms with Gasteiger partial charge in [-0.15, -0.1) is 0 Å². The number of anilines is 1. The number of rotatable bonds is 5. The fourth-order valence-corrected chi connectivity index (χ4v) is 2.55. The topological polar surface area (TPSA) is 83.2 Å². The van der Waals surface area contributed by atoms with Gasteiger partial charge >= 0.3 is 6.09 Å². The largest absolute Gasteiger partial charge is 0.442 e. The zero-order valence-electron chi connectivity index (χ0n) is 12.5. The quantitative estimate of drug-likeness (QED) is 0.650. The Balaban J connectivity index is 1.82. The van der Waals surface area contributed by atoms with E-state index < -0.39 is 11.9 Å². The molecule has 0 bridgehead atoms. The van der Waals surface area contributed by atoms with Gasteiger partial charge in [-0.3, -0.25) is 15.0 Å². The van der Waals surface area contributed by atoms with E-state index in [4.69, 9.17) is 10.1 Å². The summed E-state index contributed by atoms with van der Waals surface area (Å²) in [6, 6.07) is 6.34. The number of ether oxygens (including phenoxy) is 1. The molecule has 2 heterocycles. The van der Waals surface area contributed by atoms with Crippen molar-refractivity contribution in [2.45, 2.75) is 6.10 Å². The number of nitrogens with one attached hydrogen (secondary N) is 2. The molecule has 8 heteroatoms. The number of hydrogen-bond donors (Lipinski definition) is 2. The normalized spacial score (nSPS) is 17.2. The second-order valence-electron chi connectivity index (χ2n) is 5.17. The predicted octanol–water partition coefficient (Wildman–Crippen LogP) is 1.75. The zero-order valence-corrected chi connectivity index (χ0v) is 12.5. The number of nitrogens with zero attached hydrogens (tertiary/aromatic N) is 3. The lowest BCUT2D eigenvalue weighted by Gasteiger charge is -2.14. The molecule has 0 radical (unpaired) electrons. The lowest BCUT2D eigenvalue weighted by Crippen LogP contribution is -2.30. The molecule has 0 saturated carbocycles. The molecule has 2 aromatic rings. The van der Waals surface area contributed by atoms with Crippen LogP contribution in [-0.4, -0.2) is 41.4 Å². The van der Waals surface area contributed by atoms with E-state index in [0.717, 1.165) is 6.34 Å². The second-order valence-corrected chi connectivity index (χ2v) is 5.17. The summed E-state index contributed by atoms with van der Waals surface area (Å²) < 4.78 is 21.2. The van der Waals surface area contributed by atoms with Crippen LogP contribution in [0, 0.1) is 11.2 Å². The van der Waals surface area contributed by atoms with Gasteiger partial charge in [0.1, 0.15) is 11.9 Å². The van der Waals surface area contributed by atoms with Gasteiger partial charge < -0.3 is 10.1 Å². The van der Waals surface area contributed by atoms with Crippen LogP contribution < -0.4 is 10.2 Å². The highest BCUT2D eigenvalue weighted by atomic mass is 19.1. The van der Waals surface area contributed by atoms with E-state index in [1.807, 2.05) is 0 Å². The highest BCUT2D eigenvalue weighted by Crippen LogP contribution is 2.28. The van der Waals surface area contributed by atoms with Gasteiger partial charge in [0.05, 0.1) is 30.8 Å². The van der Waals surface area contributed by atoms with Crippen LogP contribution in [0.3, 0.4) is 0 Å². The van der Waals surface area contributed by atoms with Crippen LogP contribution in [0.25, 0.3) is 11.3 Å². The summed E-state index contributed by atoms with van der Waals surface area (Å²) in [7, 11) is 1.74. The van der Waals surface area contributed by atoms with Crippen molar-refractivity contribution in [1.29, 1.82) is 5.41 Å². The van der Waals surface area contributed by atoms with Crippen LogP contribution >= 0.6 is 0 Å². The SMILES string of the molecule is Cn1nccc1-c1ccc(N2C[C@H](CNC=N)OC2=O)cc1F. The van der Waals surface area contributed by atoms with E-state index in [1.165, 1.54) is 11.0 Å². The first kappa shape index (κ1) is 15.0. The third-order valence-electron chi connectivity index (χ3n) is 3.68. The Morgan fingerprint density at radius 3 is 3.00 bits per heavy atom. The van der Waals surface area contributed by atoms with Crippen molar-refractivity contribution in [3.05, 3.63) is 36.3 Å². The Kier molecular flexibility index (Phi) is 3.96. The van der Waals surface area contributed by atoms with Crippen molar-refractivity contribution in [3.8, 4) is 11.3 Å². The van der Waals surface area contributed by atoms with E-state index in [1.54, 1.807) is 36.1 Å². The maximum atomic E-state index is 14.4. The van der Waals surface area contributed by atoms with Gasteiger partial charge in [0.2, 0.25) is 0 Å². The summed E-state index contributed by atoms with van der Waals surface area (Å²) in [6.45, 7) is 0.658. The van der Waals surface area contributed by atoms with Crippen molar-refractivity contribution in [2.75, 3.05) is 18.0 Å². The molecule has 1 aromatic carbocycles. The molecular formula is C15H16FN5O2. The van der Waals surface area contributed by atoms with Gasteiger partial charge in [-0.05, 0) is 24.3 Å². The number of benzene rings is 1. The number of aryl methyl sites for hydroxylation is 1. The molecule has 0 unspecified atom stereocenters. The first-order valence-corrected chi connectivity index (χ1v) is 7.08. The van der Waals surface area contributed by atoms with Crippen molar-refractivity contribution >= 4 is 18.1 Å². The molecule has 7 nitrogen and oxygen atoms in total. The summed E-state index contributed by atoms with van der Waals surface area (Å²) in [4.78, 5) is 13.3. The van der Waals surface area contributed by atoms with Crippen LogP contribution in [0.4, 0.5) is 14.9 Å². The summed E-state index contributed by atoms with van der Waals surface area (Å²) in [5, 5.41) is 13.6. The number of halogens is 1. The molecule has 0 spiro atoms. The lowest BCUT2D eigenvalue weighted by molar-refractivity contribution is 0.143. The average Bonchev–Trinajstić information content (AvgIpc) is 3.11. The highest BCUT2D eigenvalue weighted by Gasteiger charge is 2.32. The van der Waals surface area contributed by atoms with Gasteiger partial charge in [0.15, 0.2) is 0 Å². The summed E-state index contributed by atoms with van der Waals surface area (Å²) in [5.74, 6) is -0.431. The predicted molar refractivity (Wildman–Crippen MR) is 83.0 cm³/mol. The molecule has 1 atom stereocenters. The molecular weight excluding hydrogens is 301 g/mol. The van der Waals surface area contributed by atoms with Gasteiger partial charge in [-0.1, -0.05) is 0 Å². The van der Waals surface area contributed by atoms with Crippen LogP contribution in [0.5, 0.6) is 0 Å². The third-order valence-corrected chi connectivity index (χ3v) is 3.68. The average molecular weight is 317 g/mol. The van der Waals surface area contributed by atoms with E-state index in [9.17, 15) is 9.18 Å². The molecule has 1 aliphatic rings. The minimum Gasteiger partial charge on any atom is -0.442 e. The molecule has 1 aromatic heterocycles. The molecule has 2 N–H and O–H groups in total. The summed E-state index contributed by atoms with van der Waals surface area (Å²) in [6.07, 6.45) is 1.75.